The van der Waals surface area contributed by atoms with Crippen LogP contribution < -0.4 is 10.6 Å². The molecule has 0 radical (unpaired) electrons. The molecule has 6 nitrogen and oxygen atoms in total. The van der Waals surface area contributed by atoms with E-state index >= 15 is 0 Å². The molecule has 144 valence electrons. The number of aromatic nitrogens is 2. The van der Waals surface area contributed by atoms with Crippen molar-refractivity contribution < 1.29 is 9.53 Å². The van der Waals surface area contributed by atoms with Gasteiger partial charge in [0.25, 0.3) is 0 Å². The first-order chi connectivity index (χ1) is 13.1. The van der Waals surface area contributed by atoms with Gasteiger partial charge in [-0.2, -0.15) is 0 Å². The van der Waals surface area contributed by atoms with E-state index in [-0.39, 0.29) is 5.91 Å². The Labute approximate surface area is 160 Å². The zero-order chi connectivity index (χ0) is 19.1. The summed E-state index contributed by atoms with van der Waals surface area (Å²) in [6.07, 6.45) is 2.57. The van der Waals surface area contributed by atoms with Gasteiger partial charge in [-0.1, -0.05) is 30.3 Å². The number of amides is 1. The quantitative estimate of drug-likeness (QED) is 0.786. The Morgan fingerprint density at radius 1 is 1.15 bits per heavy atom. The minimum Gasteiger partial charge on any atom is -0.381 e. The number of carbonyl (C=O) groups excluding carboxylic acids is 1. The largest absolute Gasteiger partial charge is 0.381 e. The maximum Gasteiger partial charge on any atom is 0.242 e. The molecule has 1 atom stereocenters. The number of ether oxygens (including phenoxy) is 1. The molecule has 0 spiro atoms. The van der Waals surface area contributed by atoms with Gasteiger partial charge in [0.2, 0.25) is 11.9 Å². The third-order valence-corrected chi connectivity index (χ3v) is 4.79. The summed E-state index contributed by atoms with van der Waals surface area (Å²) in [5.41, 5.74) is 2.86. The first kappa shape index (κ1) is 19.3. The summed E-state index contributed by atoms with van der Waals surface area (Å²) < 4.78 is 5.39. The number of benzene rings is 1. The van der Waals surface area contributed by atoms with E-state index in [0.29, 0.717) is 24.8 Å². The summed E-state index contributed by atoms with van der Waals surface area (Å²) in [6.45, 7) is 6.10. The van der Waals surface area contributed by atoms with Crippen molar-refractivity contribution >= 4 is 11.9 Å². The van der Waals surface area contributed by atoms with Crippen LogP contribution in [0.25, 0.3) is 0 Å². The van der Waals surface area contributed by atoms with E-state index < -0.39 is 6.04 Å². The smallest absolute Gasteiger partial charge is 0.242 e. The van der Waals surface area contributed by atoms with Gasteiger partial charge >= 0.3 is 0 Å². The number of rotatable bonds is 7. The summed E-state index contributed by atoms with van der Waals surface area (Å²) in [5.74, 6) is 0.959. The van der Waals surface area contributed by atoms with Gasteiger partial charge in [0.1, 0.15) is 6.04 Å². The number of aryl methyl sites for hydroxylation is 2. The van der Waals surface area contributed by atoms with Crippen LogP contribution in [0.4, 0.5) is 5.95 Å². The fraction of sp³-hybridized carbons (Fsp3) is 0.476. The predicted octanol–water partition coefficient (Wildman–Crippen LogP) is 2.66. The van der Waals surface area contributed by atoms with Crippen LogP contribution in [0.3, 0.4) is 0 Å². The number of hydrogen-bond donors (Lipinski definition) is 2. The molecule has 0 bridgehead atoms. The lowest BCUT2D eigenvalue weighted by Crippen LogP contribution is -2.43. The van der Waals surface area contributed by atoms with Gasteiger partial charge in [-0.25, -0.2) is 9.97 Å². The normalized spacial score (nSPS) is 15.9. The zero-order valence-electron chi connectivity index (χ0n) is 16.1. The zero-order valence-corrected chi connectivity index (χ0v) is 16.1. The molecule has 27 heavy (non-hydrogen) atoms. The van der Waals surface area contributed by atoms with Crippen LogP contribution in [0.15, 0.2) is 36.4 Å². The van der Waals surface area contributed by atoms with Crippen molar-refractivity contribution in [2.24, 2.45) is 5.92 Å². The molecule has 0 aliphatic carbocycles. The Kier molecular flexibility index (Phi) is 6.76. The van der Waals surface area contributed by atoms with Crippen LogP contribution in [-0.2, 0) is 16.0 Å². The van der Waals surface area contributed by atoms with Gasteiger partial charge in [-0.3, -0.25) is 4.79 Å². The van der Waals surface area contributed by atoms with Gasteiger partial charge in [-0.05, 0) is 44.2 Å². The average molecular weight is 368 g/mol. The Balaban J connectivity index is 1.68. The number of carbonyl (C=O) groups is 1. The minimum absolute atomic E-state index is 0.0203. The summed E-state index contributed by atoms with van der Waals surface area (Å²) >= 11 is 0. The molecule has 1 saturated heterocycles. The highest BCUT2D eigenvalue weighted by Gasteiger charge is 2.22. The fourth-order valence-corrected chi connectivity index (χ4v) is 3.32. The lowest BCUT2D eigenvalue weighted by molar-refractivity contribution is -0.122. The summed E-state index contributed by atoms with van der Waals surface area (Å²) in [5, 5.41) is 6.35. The van der Waals surface area contributed by atoms with Gasteiger partial charge in [0.05, 0.1) is 0 Å². The number of nitrogens with one attached hydrogen (secondary N) is 2. The van der Waals surface area contributed by atoms with Gasteiger partial charge in [0.15, 0.2) is 0 Å². The van der Waals surface area contributed by atoms with Crippen molar-refractivity contribution in [2.45, 2.75) is 39.2 Å². The van der Waals surface area contributed by atoms with Crippen LogP contribution in [0.5, 0.6) is 0 Å². The van der Waals surface area contributed by atoms with Crippen molar-refractivity contribution in [3.63, 3.8) is 0 Å². The SMILES string of the molecule is Cc1cc(C)nc(N[C@@H](Cc2ccccc2)C(=O)NCC2CCOCC2)n1. The maximum absolute atomic E-state index is 12.9. The van der Waals surface area contributed by atoms with Gasteiger partial charge < -0.3 is 15.4 Å². The first-order valence-corrected chi connectivity index (χ1v) is 9.58. The maximum atomic E-state index is 12.9. The van der Waals surface area contributed by atoms with Crippen molar-refractivity contribution in [1.29, 1.82) is 0 Å². The molecule has 1 aliphatic heterocycles. The Bertz CT molecular complexity index is 725. The second kappa shape index (κ2) is 9.46. The molecule has 2 aromatic rings. The summed E-state index contributed by atoms with van der Waals surface area (Å²) in [7, 11) is 0. The van der Waals surface area contributed by atoms with Crippen LogP contribution in [0, 0.1) is 19.8 Å². The van der Waals surface area contributed by atoms with Crippen LogP contribution in [-0.4, -0.2) is 41.7 Å². The molecule has 2 heterocycles. The lowest BCUT2D eigenvalue weighted by Gasteiger charge is -2.24. The molecule has 1 aliphatic rings. The Morgan fingerprint density at radius 2 is 1.81 bits per heavy atom. The molecule has 1 aromatic heterocycles. The molecule has 3 rings (SSSR count). The Morgan fingerprint density at radius 3 is 2.48 bits per heavy atom. The second-order valence-corrected chi connectivity index (χ2v) is 7.16. The fourth-order valence-electron chi connectivity index (χ4n) is 3.32. The van der Waals surface area contributed by atoms with E-state index in [1.807, 2.05) is 50.2 Å². The molecule has 0 unspecified atom stereocenters. The van der Waals surface area contributed by atoms with Crippen molar-refractivity contribution in [3.8, 4) is 0 Å². The lowest BCUT2D eigenvalue weighted by atomic mass is 10.00. The first-order valence-electron chi connectivity index (χ1n) is 9.58. The van der Waals surface area contributed by atoms with E-state index in [2.05, 4.69) is 20.6 Å². The van der Waals surface area contributed by atoms with Crippen molar-refractivity contribution in [3.05, 3.63) is 53.3 Å². The monoisotopic (exact) mass is 368 g/mol. The van der Waals surface area contributed by atoms with E-state index in [0.717, 1.165) is 43.0 Å². The van der Waals surface area contributed by atoms with Gasteiger partial charge in [0, 0.05) is 37.6 Å². The molecule has 0 saturated carbocycles. The van der Waals surface area contributed by atoms with Crippen LogP contribution in [0.1, 0.15) is 29.8 Å². The van der Waals surface area contributed by atoms with E-state index in [4.69, 9.17) is 4.74 Å². The van der Waals surface area contributed by atoms with E-state index in [1.165, 1.54) is 0 Å². The Hall–Kier alpha value is -2.47. The minimum atomic E-state index is -0.423. The topological polar surface area (TPSA) is 76.1 Å². The molecule has 1 aromatic carbocycles. The van der Waals surface area contributed by atoms with Crippen molar-refractivity contribution in [2.75, 3.05) is 25.1 Å². The number of nitrogens with zero attached hydrogens (tertiary/aromatic N) is 2. The number of hydrogen-bond acceptors (Lipinski definition) is 5. The summed E-state index contributed by atoms with van der Waals surface area (Å²) in [4.78, 5) is 21.8. The average Bonchev–Trinajstić information content (AvgIpc) is 2.66. The van der Waals surface area contributed by atoms with Crippen LogP contribution >= 0.6 is 0 Å². The molecule has 2 N–H and O–H groups in total. The highest BCUT2D eigenvalue weighted by Crippen LogP contribution is 2.14. The van der Waals surface area contributed by atoms with E-state index in [9.17, 15) is 4.79 Å². The van der Waals surface area contributed by atoms with E-state index in [1.54, 1.807) is 0 Å². The van der Waals surface area contributed by atoms with Gasteiger partial charge in [-0.15, -0.1) is 0 Å². The standard InChI is InChI=1S/C21H28N4O2/c1-15-12-16(2)24-21(23-15)25-19(13-17-6-4-3-5-7-17)20(26)22-14-18-8-10-27-11-9-18/h3-7,12,18-19H,8-11,13-14H2,1-2H3,(H,22,26)(H,23,24,25)/t19-/m0/s1. The predicted molar refractivity (Wildman–Crippen MR) is 106 cm³/mol. The molecular formula is C21H28N4O2. The molecule has 1 fully saturated rings. The summed E-state index contributed by atoms with van der Waals surface area (Å²) in [6, 6.07) is 11.5. The van der Waals surface area contributed by atoms with Crippen LogP contribution in [0.2, 0.25) is 0 Å². The third kappa shape index (κ3) is 6.03. The highest BCUT2D eigenvalue weighted by molar-refractivity contribution is 5.84. The molecule has 1 amide bonds. The second-order valence-electron chi connectivity index (χ2n) is 7.16. The number of anilines is 1. The van der Waals surface area contributed by atoms with Crippen molar-refractivity contribution in [1.82, 2.24) is 15.3 Å². The third-order valence-electron chi connectivity index (χ3n) is 4.79. The molecular weight excluding hydrogens is 340 g/mol. The highest BCUT2D eigenvalue weighted by atomic mass is 16.5. The molecule has 6 heteroatoms.